The van der Waals surface area contributed by atoms with Crippen LogP contribution in [0.2, 0.25) is 0 Å². The summed E-state index contributed by atoms with van der Waals surface area (Å²) in [5.41, 5.74) is 2.37. The molecule has 0 N–H and O–H groups in total. The second-order valence-electron chi connectivity index (χ2n) is 8.32. The lowest BCUT2D eigenvalue weighted by atomic mass is 9.39. The standard InChI is InChI=1S/C20H23N3O2/c1-12-13(2)20-11-21-16(24)22(15-9-7-6-8-10-15)17(25)23(21)19(20,5)18(12,4)14(20)3/h6-10,14H,11H2,1-5H3/t14-,18-,19-,20-/m1/s1. The molecule has 5 heteroatoms. The van der Waals surface area contributed by atoms with Crippen LogP contribution in [0, 0.1) is 16.7 Å². The van der Waals surface area contributed by atoms with Crippen LogP contribution in [0.1, 0.15) is 34.6 Å². The zero-order valence-corrected chi connectivity index (χ0v) is 15.3. The molecule has 2 aromatic rings. The third-order valence-corrected chi connectivity index (χ3v) is 8.36. The topological polar surface area (TPSA) is 48.9 Å². The smallest absolute Gasteiger partial charge is 0.246 e. The van der Waals surface area contributed by atoms with E-state index in [0.29, 0.717) is 18.2 Å². The van der Waals surface area contributed by atoms with E-state index in [2.05, 4.69) is 34.6 Å². The van der Waals surface area contributed by atoms with Crippen molar-refractivity contribution in [3.63, 3.8) is 0 Å². The summed E-state index contributed by atoms with van der Waals surface area (Å²) >= 11 is 0. The minimum atomic E-state index is -0.371. The van der Waals surface area contributed by atoms with Gasteiger partial charge >= 0.3 is 11.4 Å². The molecule has 0 saturated heterocycles. The van der Waals surface area contributed by atoms with Crippen LogP contribution >= 0.6 is 0 Å². The number of rotatable bonds is 1. The minimum Gasteiger partial charge on any atom is -0.246 e. The van der Waals surface area contributed by atoms with Gasteiger partial charge < -0.3 is 0 Å². The van der Waals surface area contributed by atoms with Crippen LogP contribution in [0.15, 0.2) is 51.1 Å². The van der Waals surface area contributed by atoms with E-state index >= 15 is 0 Å². The van der Waals surface area contributed by atoms with Gasteiger partial charge in [0.05, 0.1) is 17.8 Å². The van der Waals surface area contributed by atoms with Gasteiger partial charge in [-0.25, -0.2) is 23.5 Å². The highest BCUT2D eigenvalue weighted by molar-refractivity contribution is 5.52. The molecule has 2 heterocycles. The van der Waals surface area contributed by atoms with Crippen molar-refractivity contribution >= 4 is 0 Å². The molecule has 130 valence electrons. The maximum atomic E-state index is 13.3. The maximum absolute atomic E-state index is 13.3. The van der Waals surface area contributed by atoms with Gasteiger partial charge in [-0.15, -0.1) is 0 Å². The van der Waals surface area contributed by atoms with Crippen LogP contribution in [0.25, 0.3) is 5.69 Å². The third kappa shape index (κ3) is 1.12. The lowest BCUT2D eigenvalue weighted by molar-refractivity contribution is -0.156. The number of para-hydroxylation sites is 1. The molecule has 0 unspecified atom stereocenters. The Labute approximate surface area is 146 Å². The predicted octanol–water partition coefficient (Wildman–Crippen LogP) is 2.52. The molecule has 2 bridgehead atoms. The number of hydrogen-bond acceptors (Lipinski definition) is 2. The monoisotopic (exact) mass is 337 g/mol. The molecule has 5 nitrogen and oxygen atoms in total. The molecule has 3 aliphatic carbocycles. The Kier molecular flexibility index (Phi) is 2.35. The van der Waals surface area contributed by atoms with E-state index in [1.807, 2.05) is 30.3 Å². The van der Waals surface area contributed by atoms with E-state index in [1.165, 1.54) is 15.7 Å². The number of aromatic nitrogens is 3. The largest absolute Gasteiger partial charge is 0.352 e. The zero-order valence-electron chi connectivity index (χ0n) is 15.3. The molecule has 0 radical (unpaired) electrons. The molecule has 1 aliphatic heterocycles. The van der Waals surface area contributed by atoms with Crippen molar-refractivity contribution in [1.29, 1.82) is 0 Å². The number of benzene rings is 1. The maximum Gasteiger partial charge on any atom is 0.352 e. The van der Waals surface area contributed by atoms with Crippen LogP contribution in [-0.2, 0) is 12.1 Å². The highest BCUT2D eigenvalue weighted by Crippen LogP contribution is 2.82. The second kappa shape index (κ2) is 3.92. The highest BCUT2D eigenvalue weighted by Gasteiger charge is 2.84. The average molecular weight is 337 g/mol. The van der Waals surface area contributed by atoms with Crippen LogP contribution in [0.4, 0.5) is 0 Å². The van der Waals surface area contributed by atoms with Crippen molar-refractivity contribution in [2.24, 2.45) is 16.7 Å². The molecule has 1 saturated carbocycles. The summed E-state index contributed by atoms with van der Waals surface area (Å²) in [6, 6.07) is 9.21. The quantitative estimate of drug-likeness (QED) is 0.751. The number of nitrogens with zero attached hydrogens (tertiary/aromatic N) is 3. The summed E-state index contributed by atoms with van der Waals surface area (Å²) in [5, 5.41) is 0. The van der Waals surface area contributed by atoms with Crippen LogP contribution in [0.3, 0.4) is 0 Å². The Morgan fingerprint density at radius 3 is 2.24 bits per heavy atom. The lowest BCUT2D eigenvalue weighted by Crippen LogP contribution is -2.70. The van der Waals surface area contributed by atoms with E-state index in [1.54, 1.807) is 9.36 Å². The predicted molar refractivity (Wildman–Crippen MR) is 96.0 cm³/mol. The number of hydrogen-bond donors (Lipinski definition) is 0. The van der Waals surface area contributed by atoms with Crippen LogP contribution in [-0.4, -0.2) is 13.9 Å². The molecule has 4 aliphatic rings. The van der Waals surface area contributed by atoms with Crippen LogP contribution < -0.4 is 11.4 Å². The molecule has 1 aromatic carbocycles. The van der Waals surface area contributed by atoms with E-state index in [-0.39, 0.29) is 27.7 Å². The molecular formula is C20H23N3O2. The van der Waals surface area contributed by atoms with Gasteiger partial charge in [-0.3, -0.25) is 0 Å². The number of fused-ring (bicyclic) bond motifs is 1. The Hall–Kier alpha value is -2.30. The summed E-state index contributed by atoms with van der Waals surface area (Å²) in [6.45, 7) is 11.7. The molecule has 6 rings (SSSR count). The number of allylic oxidation sites excluding steroid dienone is 2. The molecule has 1 fully saturated rings. The lowest BCUT2D eigenvalue weighted by Gasteiger charge is -2.65. The molecule has 0 amide bonds. The molecular weight excluding hydrogens is 314 g/mol. The summed E-state index contributed by atoms with van der Waals surface area (Å²) < 4.78 is 4.77. The van der Waals surface area contributed by atoms with Gasteiger partial charge in [0.15, 0.2) is 0 Å². The molecule has 4 atom stereocenters. The fourth-order valence-corrected chi connectivity index (χ4v) is 6.73. The summed E-state index contributed by atoms with van der Waals surface area (Å²) in [5.74, 6) is 0.432. The van der Waals surface area contributed by atoms with E-state index < -0.39 is 0 Å². The normalized spacial score (nSPS) is 37.9. The first-order valence-corrected chi connectivity index (χ1v) is 8.94. The van der Waals surface area contributed by atoms with E-state index in [9.17, 15) is 9.59 Å². The fourth-order valence-electron chi connectivity index (χ4n) is 6.73. The Balaban J connectivity index is 1.83. The second-order valence-corrected chi connectivity index (χ2v) is 8.32. The molecule has 1 aromatic heterocycles. The van der Waals surface area contributed by atoms with Gasteiger partial charge in [0.25, 0.3) is 0 Å². The van der Waals surface area contributed by atoms with Gasteiger partial charge in [0.1, 0.15) is 0 Å². The minimum absolute atomic E-state index is 0.0888. The van der Waals surface area contributed by atoms with Crippen molar-refractivity contribution in [2.45, 2.75) is 46.7 Å². The third-order valence-electron chi connectivity index (χ3n) is 8.36. The van der Waals surface area contributed by atoms with Crippen LogP contribution in [0.5, 0.6) is 0 Å². The molecule has 1 spiro atoms. The van der Waals surface area contributed by atoms with Crippen molar-refractivity contribution in [3.05, 3.63) is 62.4 Å². The first-order chi connectivity index (χ1) is 11.7. The summed E-state index contributed by atoms with van der Waals surface area (Å²) in [6.07, 6.45) is 0. The van der Waals surface area contributed by atoms with Gasteiger partial charge in [0.2, 0.25) is 0 Å². The van der Waals surface area contributed by atoms with Crippen molar-refractivity contribution in [2.75, 3.05) is 0 Å². The zero-order chi connectivity index (χ0) is 17.9. The SMILES string of the molecule is CC1=C(C)[C@@]23Cn4c(=O)n(-c5ccccc5)c(=O)n4[C@]2(C)[C@@]1(C)[C@H]3C. The van der Waals surface area contributed by atoms with E-state index in [0.717, 1.165) is 0 Å². The van der Waals surface area contributed by atoms with Crippen molar-refractivity contribution in [3.8, 4) is 5.69 Å². The van der Waals surface area contributed by atoms with Crippen molar-refractivity contribution < 1.29 is 0 Å². The van der Waals surface area contributed by atoms with Crippen molar-refractivity contribution in [1.82, 2.24) is 13.9 Å². The molecule has 25 heavy (non-hydrogen) atoms. The van der Waals surface area contributed by atoms with Gasteiger partial charge in [0, 0.05) is 10.8 Å². The fraction of sp³-hybridized carbons (Fsp3) is 0.500. The van der Waals surface area contributed by atoms with Gasteiger partial charge in [-0.1, -0.05) is 43.2 Å². The average Bonchev–Trinajstić information content (AvgIpc) is 3.11. The van der Waals surface area contributed by atoms with Gasteiger partial charge in [-0.2, -0.15) is 0 Å². The summed E-state index contributed by atoms with van der Waals surface area (Å²) in [4.78, 5) is 26.4. The first-order valence-electron chi connectivity index (χ1n) is 8.94. The van der Waals surface area contributed by atoms with Gasteiger partial charge in [-0.05, 0) is 38.8 Å². The highest BCUT2D eigenvalue weighted by atomic mass is 16.2. The Morgan fingerprint density at radius 1 is 1.00 bits per heavy atom. The summed E-state index contributed by atoms with van der Waals surface area (Å²) in [7, 11) is 0. The first kappa shape index (κ1) is 15.0. The Bertz CT molecular complexity index is 1090. The Morgan fingerprint density at radius 2 is 1.64 bits per heavy atom. The van der Waals surface area contributed by atoms with E-state index in [4.69, 9.17) is 0 Å².